The highest BCUT2D eigenvalue weighted by molar-refractivity contribution is 6.03. The Morgan fingerprint density at radius 3 is 2.50 bits per heavy atom. The molecule has 0 unspecified atom stereocenters. The maximum Gasteiger partial charge on any atom is 0.129 e. The molecule has 0 aromatic heterocycles. The van der Waals surface area contributed by atoms with Crippen LogP contribution in [0.4, 0.5) is 5.69 Å². The van der Waals surface area contributed by atoms with E-state index in [9.17, 15) is 0 Å². The second kappa shape index (κ2) is 6.72. The van der Waals surface area contributed by atoms with Crippen molar-refractivity contribution in [3.05, 3.63) is 84.9 Å². The van der Waals surface area contributed by atoms with Crippen LogP contribution in [0.5, 0.6) is 5.75 Å². The summed E-state index contributed by atoms with van der Waals surface area (Å²) in [6.07, 6.45) is 3.61. The molecule has 0 atom stereocenters. The Morgan fingerprint density at radius 1 is 0.909 bits per heavy atom. The molecule has 0 spiro atoms. The van der Waals surface area contributed by atoms with Crippen LogP contribution in [0, 0.1) is 0 Å². The molecule has 3 aromatic carbocycles. The number of para-hydroxylation sites is 1. The molecule has 0 saturated carbocycles. The lowest BCUT2D eigenvalue weighted by molar-refractivity contribution is 0.363. The third-order valence-corrected chi connectivity index (χ3v) is 3.39. The average Bonchev–Trinajstić information content (AvgIpc) is 2.59. The van der Waals surface area contributed by atoms with E-state index in [1.54, 1.807) is 6.08 Å². The molecular formula is C20H17NO. The Kier molecular flexibility index (Phi) is 4.30. The molecule has 0 radical (unpaired) electrons. The smallest absolute Gasteiger partial charge is 0.129 e. The first kappa shape index (κ1) is 14.1. The largest absolute Gasteiger partial charge is 0.489 e. The lowest BCUT2D eigenvalue weighted by atomic mass is 10.0. The van der Waals surface area contributed by atoms with E-state index in [0.717, 1.165) is 22.4 Å². The Bertz CT molecular complexity index is 806. The maximum absolute atomic E-state index is 5.77. The lowest BCUT2D eigenvalue weighted by Gasteiger charge is -2.10. The summed E-state index contributed by atoms with van der Waals surface area (Å²) >= 11 is 0. The number of hydrogen-bond acceptors (Lipinski definition) is 2. The van der Waals surface area contributed by atoms with Gasteiger partial charge in [0.15, 0.2) is 0 Å². The minimum absolute atomic E-state index is 0.477. The van der Waals surface area contributed by atoms with Gasteiger partial charge in [0, 0.05) is 11.8 Å². The van der Waals surface area contributed by atoms with Crippen molar-refractivity contribution in [3.8, 4) is 5.75 Å². The zero-order valence-corrected chi connectivity index (χ0v) is 12.3. The molecule has 22 heavy (non-hydrogen) atoms. The number of aliphatic imine (C=N–C) groups is 1. The van der Waals surface area contributed by atoms with E-state index in [2.05, 4.69) is 29.8 Å². The van der Waals surface area contributed by atoms with E-state index in [1.807, 2.05) is 54.7 Å². The Hall–Kier alpha value is -2.87. The molecule has 0 amide bonds. The van der Waals surface area contributed by atoms with Gasteiger partial charge in [-0.2, -0.15) is 0 Å². The van der Waals surface area contributed by atoms with Gasteiger partial charge in [-0.15, -0.1) is 0 Å². The molecule has 2 nitrogen and oxygen atoms in total. The first-order valence-corrected chi connectivity index (χ1v) is 7.23. The van der Waals surface area contributed by atoms with E-state index in [4.69, 9.17) is 4.74 Å². The summed E-state index contributed by atoms with van der Waals surface area (Å²) in [6.45, 7) is 4.18. The van der Waals surface area contributed by atoms with Crippen LogP contribution in [0.2, 0.25) is 0 Å². The summed E-state index contributed by atoms with van der Waals surface area (Å²) < 4.78 is 5.77. The SMILES string of the molecule is C=CCOc1ccc2ccccc2c1C=Nc1ccccc1. The topological polar surface area (TPSA) is 21.6 Å². The fourth-order valence-corrected chi connectivity index (χ4v) is 2.34. The minimum atomic E-state index is 0.477. The van der Waals surface area contributed by atoms with Crippen LogP contribution >= 0.6 is 0 Å². The van der Waals surface area contributed by atoms with E-state index in [0.29, 0.717) is 6.61 Å². The van der Waals surface area contributed by atoms with Gasteiger partial charge in [-0.05, 0) is 29.0 Å². The van der Waals surface area contributed by atoms with Gasteiger partial charge in [0.1, 0.15) is 12.4 Å². The first-order valence-electron chi connectivity index (χ1n) is 7.23. The van der Waals surface area contributed by atoms with Crippen LogP contribution in [-0.2, 0) is 0 Å². The van der Waals surface area contributed by atoms with Crippen molar-refractivity contribution in [2.24, 2.45) is 4.99 Å². The average molecular weight is 287 g/mol. The number of nitrogens with zero attached hydrogens (tertiary/aromatic N) is 1. The summed E-state index contributed by atoms with van der Waals surface area (Å²) in [7, 11) is 0. The van der Waals surface area contributed by atoms with Gasteiger partial charge >= 0.3 is 0 Å². The van der Waals surface area contributed by atoms with Crippen molar-refractivity contribution in [3.63, 3.8) is 0 Å². The number of rotatable bonds is 5. The first-order chi connectivity index (χ1) is 10.9. The van der Waals surface area contributed by atoms with E-state index < -0.39 is 0 Å². The molecule has 0 aliphatic heterocycles. The Balaban J connectivity index is 2.07. The summed E-state index contributed by atoms with van der Waals surface area (Å²) in [5, 5.41) is 2.30. The molecule has 108 valence electrons. The zero-order valence-electron chi connectivity index (χ0n) is 12.3. The van der Waals surface area contributed by atoms with Crippen molar-refractivity contribution >= 4 is 22.7 Å². The number of ether oxygens (including phenoxy) is 1. The second-order valence-electron chi connectivity index (χ2n) is 4.89. The molecule has 3 rings (SSSR count). The van der Waals surface area contributed by atoms with Crippen molar-refractivity contribution in [1.82, 2.24) is 0 Å². The monoisotopic (exact) mass is 287 g/mol. The fourth-order valence-electron chi connectivity index (χ4n) is 2.34. The number of benzene rings is 3. The second-order valence-corrected chi connectivity index (χ2v) is 4.89. The van der Waals surface area contributed by atoms with Gasteiger partial charge < -0.3 is 4.74 Å². The molecule has 3 aromatic rings. The van der Waals surface area contributed by atoms with E-state index in [-0.39, 0.29) is 0 Å². The van der Waals surface area contributed by atoms with Crippen LogP contribution in [-0.4, -0.2) is 12.8 Å². The predicted molar refractivity (Wildman–Crippen MR) is 93.3 cm³/mol. The third-order valence-electron chi connectivity index (χ3n) is 3.39. The molecular weight excluding hydrogens is 270 g/mol. The number of fused-ring (bicyclic) bond motifs is 1. The Labute approximate surface area is 130 Å². The molecule has 0 heterocycles. The van der Waals surface area contributed by atoms with Crippen molar-refractivity contribution < 1.29 is 4.74 Å². The van der Waals surface area contributed by atoms with Gasteiger partial charge in [-0.25, -0.2) is 0 Å². The highest BCUT2D eigenvalue weighted by Gasteiger charge is 2.06. The molecule has 0 aliphatic carbocycles. The normalized spacial score (nSPS) is 10.9. The summed E-state index contributed by atoms with van der Waals surface area (Å²) in [5.41, 5.74) is 1.91. The standard InChI is InChI=1S/C20H17NO/c1-2-14-22-20-13-12-16-8-6-7-11-18(16)19(20)15-21-17-9-4-3-5-10-17/h2-13,15H,1,14H2. The maximum atomic E-state index is 5.77. The molecule has 0 bridgehead atoms. The van der Waals surface area contributed by atoms with Crippen LogP contribution in [0.25, 0.3) is 10.8 Å². The van der Waals surface area contributed by atoms with Crippen molar-refractivity contribution in [1.29, 1.82) is 0 Å². The van der Waals surface area contributed by atoms with Crippen molar-refractivity contribution in [2.45, 2.75) is 0 Å². The van der Waals surface area contributed by atoms with Gasteiger partial charge in [-0.1, -0.05) is 61.2 Å². The van der Waals surface area contributed by atoms with Crippen LogP contribution in [0.3, 0.4) is 0 Å². The van der Waals surface area contributed by atoms with Gasteiger partial charge in [-0.3, -0.25) is 4.99 Å². The zero-order chi connectivity index (χ0) is 15.2. The third kappa shape index (κ3) is 3.07. The van der Waals surface area contributed by atoms with Crippen molar-refractivity contribution in [2.75, 3.05) is 6.61 Å². The molecule has 0 fully saturated rings. The summed E-state index contributed by atoms with van der Waals surface area (Å²) in [4.78, 5) is 4.56. The van der Waals surface area contributed by atoms with Crippen LogP contribution < -0.4 is 4.74 Å². The van der Waals surface area contributed by atoms with E-state index in [1.165, 1.54) is 5.39 Å². The number of hydrogen-bond donors (Lipinski definition) is 0. The quantitative estimate of drug-likeness (QED) is 0.469. The fraction of sp³-hybridized carbons (Fsp3) is 0.0500. The van der Waals surface area contributed by atoms with E-state index >= 15 is 0 Å². The van der Waals surface area contributed by atoms with Crippen LogP contribution in [0.15, 0.2) is 84.4 Å². The summed E-state index contributed by atoms with van der Waals surface area (Å²) in [5.74, 6) is 0.818. The molecule has 2 heteroatoms. The predicted octanol–water partition coefficient (Wildman–Crippen LogP) is 5.16. The molecule has 0 N–H and O–H groups in total. The highest BCUT2D eigenvalue weighted by Crippen LogP contribution is 2.27. The van der Waals surface area contributed by atoms with Crippen LogP contribution in [0.1, 0.15) is 5.56 Å². The van der Waals surface area contributed by atoms with Gasteiger partial charge in [0.05, 0.1) is 5.69 Å². The molecule has 0 aliphatic rings. The lowest BCUT2D eigenvalue weighted by Crippen LogP contribution is -1.97. The molecule has 0 saturated heterocycles. The highest BCUT2D eigenvalue weighted by atomic mass is 16.5. The summed E-state index contributed by atoms with van der Waals surface area (Å²) in [6, 6.07) is 22.2. The Morgan fingerprint density at radius 2 is 1.68 bits per heavy atom. The van der Waals surface area contributed by atoms with Gasteiger partial charge in [0.2, 0.25) is 0 Å². The minimum Gasteiger partial charge on any atom is -0.489 e. The van der Waals surface area contributed by atoms with Gasteiger partial charge in [0.25, 0.3) is 0 Å².